The number of methoxy groups -OCH3 is 2. The molecule has 0 bridgehead atoms. The average Bonchev–Trinajstić information content (AvgIpc) is 2.82. The number of aromatic nitrogens is 1. The Balaban J connectivity index is 2.02. The Kier molecular flexibility index (Phi) is 8.52. The molecule has 8 nitrogen and oxygen atoms in total. The van der Waals surface area contributed by atoms with Crippen LogP contribution in [-0.2, 0) is 20.8 Å². The summed E-state index contributed by atoms with van der Waals surface area (Å²) < 4.78 is 17.3. The molecule has 1 aliphatic rings. The Bertz CT molecular complexity index is 993. The van der Waals surface area contributed by atoms with Crippen molar-refractivity contribution in [3.63, 3.8) is 0 Å². The summed E-state index contributed by atoms with van der Waals surface area (Å²) in [4.78, 5) is 27.9. The number of hydrogen-bond donors (Lipinski definition) is 1. The lowest BCUT2D eigenvalue weighted by atomic mass is 9.91. The van der Waals surface area contributed by atoms with Gasteiger partial charge in [-0.3, -0.25) is 14.5 Å². The van der Waals surface area contributed by atoms with Gasteiger partial charge in [-0.05, 0) is 63.5 Å². The van der Waals surface area contributed by atoms with Gasteiger partial charge in [-0.1, -0.05) is 12.1 Å². The van der Waals surface area contributed by atoms with E-state index in [-0.39, 0.29) is 23.2 Å². The Morgan fingerprint density at radius 3 is 2.42 bits per heavy atom. The minimum Gasteiger partial charge on any atom is -0.507 e. The molecule has 1 fully saturated rings. The Morgan fingerprint density at radius 1 is 1.18 bits per heavy atom. The maximum absolute atomic E-state index is 13.6. The first-order chi connectivity index (χ1) is 15.9. The summed E-state index contributed by atoms with van der Waals surface area (Å²) in [5.74, 6) is 0.365. The molecule has 2 aromatic rings. The molecule has 8 heteroatoms. The number of rotatable bonds is 9. The number of esters is 1. The van der Waals surface area contributed by atoms with Gasteiger partial charge in [0.25, 0.3) is 5.56 Å². The Morgan fingerprint density at radius 2 is 1.85 bits per heavy atom. The fourth-order valence-corrected chi connectivity index (χ4v) is 4.49. The summed E-state index contributed by atoms with van der Waals surface area (Å²) in [6.45, 7) is 5.97. The highest BCUT2D eigenvalue weighted by atomic mass is 16.5. The Hall–Kier alpha value is -2.84. The van der Waals surface area contributed by atoms with Crippen molar-refractivity contribution < 1.29 is 24.1 Å². The van der Waals surface area contributed by atoms with E-state index < -0.39 is 6.04 Å². The van der Waals surface area contributed by atoms with Crippen molar-refractivity contribution in [1.29, 1.82) is 0 Å². The van der Waals surface area contributed by atoms with Crippen LogP contribution in [0.5, 0.6) is 11.5 Å². The molecule has 0 saturated carbocycles. The first kappa shape index (κ1) is 24.8. The number of pyridine rings is 1. The second-order valence-corrected chi connectivity index (χ2v) is 8.27. The van der Waals surface area contributed by atoms with Crippen LogP contribution in [0.4, 0.5) is 0 Å². The molecule has 1 aliphatic heterocycles. The number of aromatic hydroxyl groups is 1. The second-order valence-electron chi connectivity index (χ2n) is 8.27. The lowest BCUT2D eigenvalue weighted by Gasteiger charge is -2.37. The van der Waals surface area contributed by atoms with Crippen LogP contribution in [0, 0.1) is 12.8 Å². The Labute approximate surface area is 194 Å². The molecular formula is C25H34N2O6. The van der Waals surface area contributed by atoms with Gasteiger partial charge in [0.2, 0.25) is 0 Å². The van der Waals surface area contributed by atoms with E-state index in [1.165, 1.54) is 0 Å². The molecule has 0 spiro atoms. The molecule has 180 valence electrons. The number of piperidine rings is 1. The number of ether oxygens (including phenoxy) is 3. The van der Waals surface area contributed by atoms with Crippen molar-refractivity contribution in [1.82, 2.24) is 9.47 Å². The van der Waals surface area contributed by atoms with Crippen LogP contribution in [0.15, 0.2) is 35.1 Å². The summed E-state index contributed by atoms with van der Waals surface area (Å²) in [5.41, 5.74) is 1.64. The van der Waals surface area contributed by atoms with E-state index >= 15 is 0 Å². The van der Waals surface area contributed by atoms with E-state index in [0.717, 1.165) is 5.56 Å². The summed E-state index contributed by atoms with van der Waals surface area (Å²) in [7, 11) is 3.20. The number of benzene rings is 1. The quantitative estimate of drug-likeness (QED) is 0.578. The summed E-state index contributed by atoms with van der Waals surface area (Å²) in [6.07, 6.45) is 1.27. The summed E-state index contributed by atoms with van der Waals surface area (Å²) in [6, 6.07) is 8.71. The van der Waals surface area contributed by atoms with Crippen molar-refractivity contribution in [2.24, 2.45) is 5.92 Å². The van der Waals surface area contributed by atoms with Crippen LogP contribution in [0.2, 0.25) is 0 Å². The van der Waals surface area contributed by atoms with E-state index in [1.807, 2.05) is 31.2 Å². The number of likely N-dealkylation sites (tertiary alicyclic amines) is 1. The van der Waals surface area contributed by atoms with Gasteiger partial charge in [0.15, 0.2) is 0 Å². The van der Waals surface area contributed by atoms with Crippen molar-refractivity contribution >= 4 is 5.97 Å². The third-order valence-electron chi connectivity index (χ3n) is 6.26. The maximum Gasteiger partial charge on any atom is 0.309 e. The maximum atomic E-state index is 13.6. The van der Waals surface area contributed by atoms with Crippen molar-refractivity contribution in [2.75, 3.05) is 40.5 Å². The standard InChI is InChI=1S/C25H34N2O6/c1-5-33-25(30)19-10-12-26(13-11-19)23(18-6-8-20(32-4)9-7-18)22-21(28)16-17(2)27(24(22)29)14-15-31-3/h6-9,16,19,23,28H,5,10-15H2,1-4H3. The average molecular weight is 459 g/mol. The van der Waals surface area contributed by atoms with E-state index in [1.54, 1.807) is 31.8 Å². The minimum absolute atomic E-state index is 0.0282. The molecule has 1 atom stereocenters. The number of hydrogen-bond acceptors (Lipinski definition) is 7. The van der Waals surface area contributed by atoms with Crippen LogP contribution in [-0.4, -0.2) is 61.1 Å². The second kappa shape index (κ2) is 11.3. The lowest BCUT2D eigenvalue weighted by Crippen LogP contribution is -2.42. The molecule has 0 amide bonds. The normalized spacial score (nSPS) is 15.9. The highest BCUT2D eigenvalue weighted by Gasteiger charge is 2.34. The molecule has 1 aromatic heterocycles. The van der Waals surface area contributed by atoms with Crippen LogP contribution in [0.3, 0.4) is 0 Å². The number of carbonyl (C=O) groups excluding carboxylic acids is 1. The van der Waals surface area contributed by atoms with Crippen LogP contribution >= 0.6 is 0 Å². The molecule has 0 radical (unpaired) electrons. The molecule has 33 heavy (non-hydrogen) atoms. The number of aryl methyl sites for hydroxylation is 1. The summed E-state index contributed by atoms with van der Waals surface area (Å²) in [5, 5.41) is 10.9. The number of nitrogens with zero attached hydrogens (tertiary/aromatic N) is 2. The molecule has 1 aromatic carbocycles. The van der Waals surface area contributed by atoms with E-state index in [0.29, 0.717) is 62.7 Å². The SMILES string of the molecule is CCOC(=O)C1CCN(C(c2ccc(OC)cc2)c2c(O)cc(C)n(CCOC)c2=O)CC1. The highest BCUT2D eigenvalue weighted by Crippen LogP contribution is 2.36. The molecule has 1 N–H and O–H groups in total. The predicted octanol–water partition coefficient (Wildman–Crippen LogP) is 2.88. The molecule has 1 unspecified atom stereocenters. The minimum atomic E-state index is -0.457. The van der Waals surface area contributed by atoms with Crippen LogP contribution in [0.1, 0.15) is 42.6 Å². The van der Waals surface area contributed by atoms with E-state index in [9.17, 15) is 14.7 Å². The van der Waals surface area contributed by atoms with Gasteiger partial charge in [-0.25, -0.2) is 0 Å². The van der Waals surface area contributed by atoms with Gasteiger partial charge in [-0.15, -0.1) is 0 Å². The van der Waals surface area contributed by atoms with E-state index in [2.05, 4.69) is 4.90 Å². The molecule has 3 rings (SSSR count). The van der Waals surface area contributed by atoms with Crippen molar-refractivity contribution in [2.45, 2.75) is 39.3 Å². The first-order valence-corrected chi connectivity index (χ1v) is 11.4. The van der Waals surface area contributed by atoms with Crippen LogP contribution < -0.4 is 10.3 Å². The topological polar surface area (TPSA) is 90.2 Å². The third kappa shape index (κ3) is 5.57. The summed E-state index contributed by atoms with van der Waals surface area (Å²) >= 11 is 0. The van der Waals surface area contributed by atoms with Gasteiger partial charge in [0, 0.05) is 19.3 Å². The zero-order valence-corrected chi connectivity index (χ0v) is 19.9. The molecule has 1 saturated heterocycles. The lowest BCUT2D eigenvalue weighted by molar-refractivity contribution is -0.149. The fourth-order valence-electron chi connectivity index (χ4n) is 4.49. The highest BCUT2D eigenvalue weighted by molar-refractivity contribution is 5.72. The van der Waals surface area contributed by atoms with E-state index in [4.69, 9.17) is 14.2 Å². The van der Waals surface area contributed by atoms with Crippen molar-refractivity contribution in [3.8, 4) is 11.5 Å². The van der Waals surface area contributed by atoms with Gasteiger partial charge >= 0.3 is 5.97 Å². The van der Waals surface area contributed by atoms with Gasteiger partial charge in [0.1, 0.15) is 11.5 Å². The molecule has 0 aliphatic carbocycles. The van der Waals surface area contributed by atoms with Gasteiger partial charge in [0.05, 0.1) is 37.8 Å². The smallest absolute Gasteiger partial charge is 0.309 e. The molecular weight excluding hydrogens is 424 g/mol. The zero-order chi connectivity index (χ0) is 24.0. The third-order valence-corrected chi connectivity index (χ3v) is 6.26. The monoisotopic (exact) mass is 458 g/mol. The van der Waals surface area contributed by atoms with Gasteiger partial charge in [-0.2, -0.15) is 0 Å². The van der Waals surface area contributed by atoms with Gasteiger partial charge < -0.3 is 23.9 Å². The fraction of sp³-hybridized carbons (Fsp3) is 0.520. The predicted molar refractivity (Wildman–Crippen MR) is 125 cm³/mol. The molecule has 2 heterocycles. The first-order valence-electron chi connectivity index (χ1n) is 11.4. The van der Waals surface area contributed by atoms with Crippen molar-refractivity contribution in [3.05, 3.63) is 57.5 Å². The largest absolute Gasteiger partial charge is 0.507 e. The van der Waals surface area contributed by atoms with Crippen LogP contribution in [0.25, 0.3) is 0 Å². The number of carbonyl (C=O) groups is 1. The zero-order valence-electron chi connectivity index (χ0n) is 19.9.